The molecule has 65 heavy (non-hydrogen) atoms. The number of hydrogen-bond donors (Lipinski definition) is 0. The number of aromatic nitrogens is 1. The van der Waals surface area contributed by atoms with Crippen molar-refractivity contribution in [2.45, 2.75) is 18.8 Å². The fourth-order valence-corrected chi connectivity index (χ4v) is 12.0. The van der Waals surface area contributed by atoms with Crippen LogP contribution in [-0.2, 0) is 6.42 Å². The lowest BCUT2D eigenvalue weighted by molar-refractivity contribution is 0.716. The largest absolute Gasteiger partial charge is 0.309 e. The Kier molecular flexibility index (Phi) is 8.99. The van der Waals surface area contributed by atoms with Crippen molar-refractivity contribution in [2.24, 2.45) is 0 Å². The highest BCUT2D eigenvalue weighted by Gasteiger charge is 2.29. The third-order valence-electron chi connectivity index (χ3n) is 13.8. The van der Waals surface area contributed by atoms with Crippen LogP contribution in [0.3, 0.4) is 0 Å². The Balaban J connectivity index is 0.970. The fourth-order valence-electron chi connectivity index (χ4n) is 10.9. The minimum Gasteiger partial charge on any atom is -0.309 e. The third kappa shape index (κ3) is 6.28. The Labute approximate surface area is 382 Å². The molecule has 1 unspecified atom stereocenters. The molecule has 0 radical (unpaired) electrons. The van der Waals surface area contributed by atoms with Crippen LogP contribution in [0.25, 0.3) is 80.7 Å². The summed E-state index contributed by atoms with van der Waals surface area (Å²) in [5.74, 6) is 0.165. The van der Waals surface area contributed by atoms with Gasteiger partial charge in [-0.2, -0.15) is 0 Å². The molecule has 12 aromatic rings. The van der Waals surface area contributed by atoms with Crippen molar-refractivity contribution in [3.63, 3.8) is 0 Å². The second kappa shape index (κ2) is 15.5. The predicted octanol–water partition coefficient (Wildman–Crippen LogP) is 17.1. The molecule has 0 aliphatic heterocycles. The van der Waals surface area contributed by atoms with Crippen molar-refractivity contribution < 1.29 is 0 Å². The van der Waals surface area contributed by atoms with Gasteiger partial charge >= 0.3 is 0 Å². The van der Waals surface area contributed by atoms with Gasteiger partial charge in [0.1, 0.15) is 0 Å². The summed E-state index contributed by atoms with van der Waals surface area (Å²) in [5.41, 5.74) is 18.0. The van der Waals surface area contributed by atoms with Crippen LogP contribution in [-0.4, -0.2) is 4.57 Å². The van der Waals surface area contributed by atoms with E-state index < -0.39 is 0 Å². The van der Waals surface area contributed by atoms with E-state index in [4.69, 9.17) is 0 Å². The van der Waals surface area contributed by atoms with E-state index in [0.29, 0.717) is 0 Å². The molecule has 0 bridgehead atoms. The van der Waals surface area contributed by atoms with E-state index in [1.807, 2.05) is 11.3 Å². The highest BCUT2D eigenvalue weighted by Crippen LogP contribution is 2.50. The highest BCUT2D eigenvalue weighted by atomic mass is 32.1. The zero-order chi connectivity index (χ0) is 42.8. The third-order valence-corrected chi connectivity index (χ3v) is 15.0. The smallest absolute Gasteiger partial charge is 0.0541 e. The van der Waals surface area contributed by atoms with Crippen LogP contribution in [0.1, 0.15) is 51.3 Å². The molecule has 306 valence electrons. The Bertz CT molecular complexity index is 3780. The van der Waals surface area contributed by atoms with Gasteiger partial charge in [-0.05, 0) is 128 Å². The molecular formula is C63H43NS. The van der Waals surface area contributed by atoms with Gasteiger partial charge in [-0.25, -0.2) is 0 Å². The first-order chi connectivity index (χ1) is 32.2. The second-order valence-corrected chi connectivity index (χ2v) is 18.6. The van der Waals surface area contributed by atoms with Gasteiger partial charge in [0, 0.05) is 42.2 Å². The zero-order valence-corrected chi connectivity index (χ0v) is 36.6. The number of fused-ring (bicyclic) bond motifs is 10. The lowest BCUT2D eigenvalue weighted by atomic mass is 9.83. The van der Waals surface area contributed by atoms with Gasteiger partial charge in [0.15, 0.2) is 0 Å². The van der Waals surface area contributed by atoms with Crippen molar-refractivity contribution in [2.75, 3.05) is 0 Å². The summed E-state index contributed by atoms with van der Waals surface area (Å²) in [6, 6.07) is 86.0. The summed E-state index contributed by atoms with van der Waals surface area (Å²) in [4.78, 5) is 0. The van der Waals surface area contributed by atoms with Crippen LogP contribution in [0.2, 0.25) is 0 Å². The fraction of sp³-hybridized carbons (Fsp3) is 0.0476. The summed E-state index contributed by atoms with van der Waals surface area (Å²) in [6.45, 7) is 0. The quantitative estimate of drug-likeness (QED) is 0.144. The maximum absolute atomic E-state index is 2.54. The number of rotatable bonds is 8. The van der Waals surface area contributed by atoms with Crippen LogP contribution in [0, 0.1) is 0 Å². The SMILES string of the molecule is c1ccc(C(=C2c3ccccc3-c3ccc(C(CCc4ccc5c(c4)c4ccccc4n5-c4cccc5ccccc45)c4ccc5sc6ccccc6c5c4)cc32)c2ccccc2)cc1. The lowest BCUT2D eigenvalue weighted by Crippen LogP contribution is -2.04. The summed E-state index contributed by atoms with van der Waals surface area (Å²) in [7, 11) is 0. The molecule has 1 aliphatic carbocycles. The van der Waals surface area contributed by atoms with Gasteiger partial charge < -0.3 is 4.57 Å². The number of aryl methyl sites for hydroxylation is 1. The summed E-state index contributed by atoms with van der Waals surface area (Å²) < 4.78 is 5.14. The predicted molar refractivity (Wildman–Crippen MR) is 278 cm³/mol. The second-order valence-electron chi connectivity index (χ2n) is 17.5. The first-order valence-corrected chi connectivity index (χ1v) is 23.6. The molecule has 0 N–H and O–H groups in total. The molecule has 0 fully saturated rings. The molecular weight excluding hydrogens is 803 g/mol. The van der Waals surface area contributed by atoms with Crippen molar-refractivity contribution in [1.82, 2.24) is 4.57 Å². The van der Waals surface area contributed by atoms with E-state index in [0.717, 1.165) is 12.8 Å². The standard InChI is InChI=1S/C63H43NS/c1-3-17-43(18-4-1)62(44-19-5-2-6-20-44)63-53-26-10-9-23-49(53)50-35-32-45(40-56(50)63)47(46-33-37-61-55(39-46)52-25-12-14-29-60(52)65-61)34-30-41-31-36-59-54(38-41)51-24-11-13-27-58(51)64(59)57-28-15-21-42-16-7-8-22-48(42)57/h1-29,31-33,35-40,47H,30,34H2. The van der Waals surface area contributed by atoms with E-state index in [2.05, 4.69) is 235 Å². The van der Waals surface area contributed by atoms with Crippen molar-refractivity contribution in [3.8, 4) is 16.8 Å². The van der Waals surface area contributed by atoms with Crippen LogP contribution >= 0.6 is 11.3 Å². The van der Waals surface area contributed by atoms with Crippen molar-refractivity contribution in [3.05, 3.63) is 269 Å². The molecule has 0 saturated heterocycles. The lowest BCUT2D eigenvalue weighted by Gasteiger charge is -2.21. The first kappa shape index (κ1) is 37.7. The molecule has 10 aromatic carbocycles. The molecule has 1 nitrogen and oxygen atoms in total. The Morgan fingerprint density at radius 2 is 1.02 bits per heavy atom. The molecule has 1 atom stereocenters. The first-order valence-electron chi connectivity index (χ1n) is 22.8. The Morgan fingerprint density at radius 3 is 1.85 bits per heavy atom. The van der Waals surface area contributed by atoms with E-state index in [-0.39, 0.29) is 5.92 Å². The molecule has 2 heterocycles. The number of nitrogens with zero attached hydrogens (tertiary/aromatic N) is 1. The van der Waals surface area contributed by atoms with Crippen molar-refractivity contribution in [1.29, 1.82) is 0 Å². The average molecular weight is 846 g/mol. The van der Waals surface area contributed by atoms with Gasteiger partial charge in [-0.1, -0.05) is 182 Å². The number of para-hydroxylation sites is 1. The van der Waals surface area contributed by atoms with Gasteiger partial charge in [0.05, 0.1) is 16.7 Å². The molecule has 1 aliphatic rings. The van der Waals surface area contributed by atoms with Crippen LogP contribution in [0.5, 0.6) is 0 Å². The average Bonchev–Trinajstić information content (AvgIpc) is 4.02. The highest BCUT2D eigenvalue weighted by molar-refractivity contribution is 7.25. The maximum atomic E-state index is 2.54. The number of thiophene rings is 1. The van der Waals surface area contributed by atoms with Gasteiger partial charge in [-0.15, -0.1) is 11.3 Å². The zero-order valence-electron chi connectivity index (χ0n) is 35.8. The van der Waals surface area contributed by atoms with Crippen LogP contribution < -0.4 is 0 Å². The number of hydrogen-bond acceptors (Lipinski definition) is 1. The molecule has 13 rings (SSSR count). The molecule has 0 spiro atoms. The van der Waals surface area contributed by atoms with Gasteiger partial charge in [0.25, 0.3) is 0 Å². The minimum absolute atomic E-state index is 0.165. The van der Waals surface area contributed by atoms with Crippen molar-refractivity contribution >= 4 is 75.2 Å². The van der Waals surface area contributed by atoms with E-state index in [9.17, 15) is 0 Å². The van der Waals surface area contributed by atoms with E-state index in [1.165, 1.54) is 120 Å². The summed E-state index contributed by atoms with van der Waals surface area (Å²) in [5, 5.41) is 7.78. The van der Waals surface area contributed by atoms with E-state index >= 15 is 0 Å². The van der Waals surface area contributed by atoms with Gasteiger partial charge in [-0.3, -0.25) is 0 Å². The summed E-state index contributed by atoms with van der Waals surface area (Å²) >= 11 is 1.89. The molecule has 2 aromatic heterocycles. The van der Waals surface area contributed by atoms with E-state index in [1.54, 1.807) is 0 Å². The molecule has 2 heteroatoms. The minimum atomic E-state index is 0.165. The van der Waals surface area contributed by atoms with Crippen LogP contribution in [0.4, 0.5) is 0 Å². The Morgan fingerprint density at radius 1 is 0.400 bits per heavy atom. The maximum Gasteiger partial charge on any atom is 0.0541 e. The number of benzene rings is 10. The summed E-state index contributed by atoms with van der Waals surface area (Å²) in [6.07, 6.45) is 1.91. The normalized spacial score (nSPS) is 12.6. The Hall–Kier alpha value is -7.78. The van der Waals surface area contributed by atoms with Crippen LogP contribution in [0.15, 0.2) is 231 Å². The van der Waals surface area contributed by atoms with Gasteiger partial charge in [0.2, 0.25) is 0 Å². The monoisotopic (exact) mass is 845 g/mol. The topological polar surface area (TPSA) is 4.93 Å². The molecule has 0 saturated carbocycles. The molecule has 0 amide bonds.